The zero-order valence-corrected chi connectivity index (χ0v) is 10.4. The highest BCUT2D eigenvalue weighted by Gasteiger charge is 1.99. The van der Waals surface area contributed by atoms with Gasteiger partial charge in [-0.05, 0) is 19.1 Å². The van der Waals surface area contributed by atoms with Gasteiger partial charge in [0.15, 0.2) is 0 Å². The molecule has 4 heteroatoms. The minimum absolute atomic E-state index is 0.137. The molecule has 0 radical (unpaired) electrons. The number of nitrogens with one attached hydrogen (secondary N) is 1. The third-order valence-corrected chi connectivity index (χ3v) is 3.05. The summed E-state index contributed by atoms with van der Waals surface area (Å²) >= 11 is 1.53. The molecule has 0 fully saturated rings. The Hall–Kier alpha value is -0.580. The van der Waals surface area contributed by atoms with E-state index in [-0.39, 0.29) is 5.82 Å². The van der Waals surface area contributed by atoms with Gasteiger partial charge < -0.3 is 10.1 Å². The summed E-state index contributed by atoms with van der Waals surface area (Å²) in [5, 5.41) is 3.24. The van der Waals surface area contributed by atoms with Crippen molar-refractivity contribution in [2.24, 2.45) is 0 Å². The summed E-state index contributed by atoms with van der Waals surface area (Å²) < 4.78 is 18.4. The Morgan fingerprint density at radius 2 is 2.12 bits per heavy atom. The Morgan fingerprint density at radius 3 is 2.88 bits per heavy atom. The van der Waals surface area contributed by atoms with E-state index in [9.17, 15) is 4.39 Å². The van der Waals surface area contributed by atoms with Gasteiger partial charge in [-0.1, -0.05) is 12.1 Å². The van der Waals surface area contributed by atoms with Gasteiger partial charge in [0, 0.05) is 30.3 Å². The van der Waals surface area contributed by atoms with Crippen molar-refractivity contribution in [3.05, 3.63) is 30.1 Å². The van der Waals surface area contributed by atoms with E-state index in [1.165, 1.54) is 17.8 Å². The molecule has 90 valence electrons. The Balaban J connectivity index is 2.05. The van der Waals surface area contributed by atoms with Crippen LogP contribution in [-0.4, -0.2) is 32.1 Å². The average molecular weight is 243 g/mol. The maximum atomic E-state index is 13.2. The standard InChI is InChI=1S/C12H18FNOS/c1-2-15-9-7-14-8-10-16-12-6-4-3-5-11(12)13/h3-6,14H,2,7-10H2,1H3. The molecule has 0 aliphatic carbocycles. The molecule has 0 unspecified atom stereocenters. The molecule has 1 aromatic carbocycles. The summed E-state index contributed by atoms with van der Waals surface area (Å²) in [6.07, 6.45) is 0. The second-order valence-electron chi connectivity index (χ2n) is 3.23. The lowest BCUT2D eigenvalue weighted by molar-refractivity contribution is 0.150. The highest BCUT2D eigenvalue weighted by molar-refractivity contribution is 7.99. The van der Waals surface area contributed by atoms with Gasteiger partial charge in [0.1, 0.15) is 5.82 Å². The molecular formula is C12H18FNOS. The SMILES string of the molecule is CCOCCNCCSc1ccccc1F. The molecule has 0 spiro atoms. The van der Waals surface area contributed by atoms with Crippen LogP contribution in [0.1, 0.15) is 6.92 Å². The predicted octanol–water partition coefficient (Wildman–Crippen LogP) is 2.54. The van der Waals surface area contributed by atoms with Crippen LogP contribution in [0.15, 0.2) is 29.2 Å². The number of benzene rings is 1. The van der Waals surface area contributed by atoms with Crippen LogP contribution in [0, 0.1) is 5.82 Å². The molecule has 1 aromatic rings. The number of ether oxygens (including phenoxy) is 1. The highest BCUT2D eigenvalue weighted by atomic mass is 32.2. The molecule has 0 bridgehead atoms. The van der Waals surface area contributed by atoms with E-state index in [4.69, 9.17) is 4.74 Å². The van der Waals surface area contributed by atoms with Crippen LogP contribution in [0.3, 0.4) is 0 Å². The molecule has 0 saturated carbocycles. The zero-order chi connectivity index (χ0) is 11.6. The van der Waals surface area contributed by atoms with Crippen LogP contribution >= 0.6 is 11.8 Å². The van der Waals surface area contributed by atoms with Crippen LogP contribution in [-0.2, 0) is 4.74 Å². The van der Waals surface area contributed by atoms with Crippen LogP contribution in [0.2, 0.25) is 0 Å². The van der Waals surface area contributed by atoms with Gasteiger partial charge in [-0.15, -0.1) is 11.8 Å². The van der Waals surface area contributed by atoms with E-state index in [2.05, 4.69) is 5.32 Å². The van der Waals surface area contributed by atoms with Crippen molar-refractivity contribution in [1.29, 1.82) is 0 Å². The number of rotatable bonds is 8. The van der Waals surface area contributed by atoms with Crippen LogP contribution in [0.5, 0.6) is 0 Å². The van der Waals surface area contributed by atoms with Gasteiger partial charge in [-0.2, -0.15) is 0 Å². The molecular weight excluding hydrogens is 225 g/mol. The lowest BCUT2D eigenvalue weighted by Gasteiger charge is -2.05. The fourth-order valence-electron chi connectivity index (χ4n) is 1.21. The molecule has 1 N–H and O–H groups in total. The van der Waals surface area contributed by atoms with E-state index >= 15 is 0 Å². The second-order valence-corrected chi connectivity index (χ2v) is 4.36. The Labute approximate surface area is 101 Å². The normalized spacial score (nSPS) is 10.6. The molecule has 16 heavy (non-hydrogen) atoms. The van der Waals surface area contributed by atoms with Gasteiger partial charge in [0.2, 0.25) is 0 Å². The maximum absolute atomic E-state index is 13.2. The Kier molecular flexibility index (Phi) is 7.21. The van der Waals surface area contributed by atoms with E-state index in [1.54, 1.807) is 12.1 Å². The number of hydrogen-bond donors (Lipinski definition) is 1. The van der Waals surface area contributed by atoms with E-state index < -0.39 is 0 Å². The lowest BCUT2D eigenvalue weighted by atomic mass is 10.3. The summed E-state index contributed by atoms with van der Waals surface area (Å²) in [7, 11) is 0. The molecule has 0 atom stereocenters. The monoisotopic (exact) mass is 243 g/mol. The summed E-state index contributed by atoms with van der Waals surface area (Å²) in [6.45, 7) is 5.19. The maximum Gasteiger partial charge on any atom is 0.136 e. The fourth-order valence-corrected chi connectivity index (χ4v) is 2.06. The number of thioether (sulfide) groups is 1. The predicted molar refractivity (Wildman–Crippen MR) is 66.5 cm³/mol. The Bertz CT molecular complexity index is 296. The topological polar surface area (TPSA) is 21.3 Å². The van der Waals surface area contributed by atoms with Gasteiger partial charge in [-0.3, -0.25) is 0 Å². The summed E-state index contributed by atoms with van der Waals surface area (Å²) in [5.74, 6) is 0.731. The molecule has 2 nitrogen and oxygen atoms in total. The first-order chi connectivity index (χ1) is 7.84. The fraction of sp³-hybridized carbons (Fsp3) is 0.500. The minimum atomic E-state index is -0.137. The van der Waals surface area contributed by atoms with E-state index in [0.717, 1.165) is 32.1 Å². The van der Waals surface area contributed by atoms with Gasteiger partial charge in [0.05, 0.1) is 6.61 Å². The first kappa shape index (κ1) is 13.5. The van der Waals surface area contributed by atoms with Gasteiger partial charge in [0.25, 0.3) is 0 Å². The second kappa shape index (κ2) is 8.56. The van der Waals surface area contributed by atoms with Gasteiger partial charge in [-0.25, -0.2) is 4.39 Å². The molecule has 0 aliphatic rings. The molecule has 0 saturated heterocycles. The molecule has 1 rings (SSSR count). The minimum Gasteiger partial charge on any atom is -0.380 e. The van der Waals surface area contributed by atoms with Crippen molar-refractivity contribution >= 4 is 11.8 Å². The Morgan fingerprint density at radius 1 is 1.31 bits per heavy atom. The molecule has 0 amide bonds. The summed E-state index contributed by atoms with van der Waals surface area (Å²) in [5.41, 5.74) is 0. The smallest absolute Gasteiger partial charge is 0.136 e. The van der Waals surface area contributed by atoms with Crippen molar-refractivity contribution in [2.75, 3.05) is 32.1 Å². The number of halogens is 1. The molecule has 0 aromatic heterocycles. The highest BCUT2D eigenvalue weighted by Crippen LogP contribution is 2.20. The zero-order valence-electron chi connectivity index (χ0n) is 9.54. The van der Waals surface area contributed by atoms with Crippen molar-refractivity contribution in [2.45, 2.75) is 11.8 Å². The third kappa shape index (κ3) is 5.49. The first-order valence-corrected chi connectivity index (χ1v) is 6.49. The molecule has 0 heterocycles. The van der Waals surface area contributed by atoms with E-state index in [1.807, 2.05) is 13.0 Å². The largest absolute Gasteiger partial charge is 0.380 e. The summed E-state index contributed by atoms with van der Waals surface area (Å²) in [4.78, 5) is 0.717. The summed E-state index contributed by atoms with van der Waals surface area (Å²) in [6, 6.07) is 6.86. The van der Waals surface area contributed by atoms with Crippen LogP contribution in [0.4, 0.5) is 4.39 Å². The first-order valence-electron chi connectivity index (χ1n) is 5.50. The third-order valence-electron chi connectivity index (χ3n) is 2.00. The number of hydrogen-bond acceptors (Lipinski definition) is 3. The lowest BCUT2D eigenvalue weighted by Crippen LogP contribution is -2.22. The van der Waals surface area contributed by atoms with Crippen molar-refractivity contribution in [1.82, 2.24) is 5.32 Å². The van der Waals surface area contributed by atoms with Crippen molar-refractivity contribution < 1.29 is 9.13 Å². The van der Waals surface area contributed by atoms with Crippen molar-refractivity contribution in [3.63, 3.8) is 0 Å². The van der Waals surface area contributed by atoms with Crippen LogP contribution in [0.25, 0.3) is 0 Å². The van der Waals surface area contributed by atoms with E-state index in [0.29, 0.717) is 4.90 Å². The van der Waals surface area contributed by atoms with Crippen molar-refractivity contribution in [3.8, 4) is 0 Å². The van der Waals surface area contributed by atoms with Crippen LogP contribution < -0.4 is 5.32 Å². The quantitative estimate of drug-likeness (QED) is 0.560. The average Bonchev–Trinajstić information content (AvgIpc) is 2.30. The molecule has 0 aliphatic heterocycles. The van der Waals surface area contributed by atoms with Gasteiger partial charge >= 0.3 is 0 Å².